The average Bonchev–Trinajstić information content (AvgIpc) is 2.63. The lowest BCUT2D eigenvalue weighted by Crippen LogP contribution is -2.25. The summed E-state index contributed by atoms with van der Waals surface area (Å²) >= 11 is 0. The lowest BCUT2D eigenvalue weighted by atomic mass is 10.0. The quantitative estimate of drug-likeness (QED) is 0.531. The van der Waals surface area contributed by atoms with E-state index in [1.807, 2.05) is 0 Å². The molecule has 1 aliphatic carbocycles. The monoisotopic (exact) mass is 176 g/mol. The van der Waals surface area contributed by atoms with Crippen LogP contribution < -0.4 is 11.3 Å². The van der Waals surface area contributed by atoms with E-state index in [-0.39, 0.29) is 6.04 Å². The average molecular weight is 176 g/mol. The summed E-state index contributed by atoms with van der Waals surface area (Å²) in [6.45, 7) is 2.08. The molecule has 70 valence electrons. The van der Waals surface area contributed by atoms with E-state index in [1.54, 1.807) is 0 Å². The first-order valence-electron chi connectivity index (χ1n) is 4.89. The number of rotatable bonds is 2. The molecule has 0 spiro atoms. The zero-order valence-electron chi connectivity index (χ0n) is 8.01. The van der Waals surface area contributed by atoms with E-state index < -0.39 is 0 Å². The Morgan fingerprint density at radius 1 is 1.31 bits per heavy atom. The number of nitrogens with two attached hydrogens (primary N) is 1. The van der Waals surface area contributed by atoms with Gasteiger partial charge in [0.1, 0.15) is 0 Å². The Bertz CT molecular complexity index is 307. The van der Waals surface area contributed by atoms with Crippen molar-refractivity contribution in [2.75, 3.05) is 0 Å². The maximum absolute atomic E-state index is 5.40. The molecule has 0 unspecified atom stereocenters. The Kier molecular flexibility index (Phi) is 2.34. The Balaban J connectivity index is 2.30. The number of fused-ring (bicyclic) bond motifs is 1. The predicted octanol–water partition coefficient (Wildman–Crippen LogP) is 1.70. The Hall–Kier alpha value is -0.860. The van der Waals surface area contributed by atoms with Crippen LogP contribution in [0.5, 0.6) is 0 Å². The first kappa shape index (κ1) is 8.73. The normalized spacial score (nSPS) is 17.1. The third kappa shape index (κ3) is 1.60. The second-order valence-electron chi connectivity index (χ2n) is 3.77. The van der Waals surface area contributed by atoms with E-state index in [0.717, 1.165) is 0 Å². The number of benzene rings is 1. The third-order valence-electron chi connectivity index (χ3n) is 2.87. The molecule has 0 heterocycles. The summed E-state index contributed by atoms with van der Waals surface area (Å²) in [7, 11) is 0. The molecule has 2 heteroatoms. The van der Waals surface area contributed by atoms with Crippen molar-refractivity contribution >= 4 is 0 Å². The molecule has 0 amide bonds. The van der Waals surface area contributed by atoms with Crippen LogP contribution in [0.15, 0.2) is 18.2 Å². The van der Waals surface area contributed by atoms with Crippen LogP contribution in [0.3, 0.4) is 0 Å². The van der Waals surface area contributed by atoms with Gasteiger partial charge >= 0.3 is 0 Å². The van der Waals surface area contributed by atoms with Crippen LogP contribution in [0.4, 0.5) is 0 Å². The summed E-state index contributed by atoms with van der Waals surface area (Å²) < 4.78 is 0. The first-order valence-corrected chi connectivity index (χ1v) is 4.89. The minimum atomic E-state index is 0.255. The highest BCUT2D eigenvalue weighted by molar-refractivity contribution is 5.36. The molecule has 13 heavy (non-hydrogen) atoms. The Labute approximate surface area is 79.1 Å². The molecule has 0 saturated carbocycles. The molecule has 0 saturated heterocycles. The summed E-state index contributed by atoms with van der Waals surface area (Å²) in [5, 5.41) is 0. The van der Waals surface area contributed by atoms with Crippen molar-refractivity contribution in [3.8, 4) is 0 Å². The van der Waals surface area contributed by atoms with Crippen LogP contribution in [0.2, 0.25) is 0 Å². The fraction of sp³-hybridized carbons (Fsp3) is 0.455. The topological polar surface area (TPSA) is 38.0 Å². The van der Waals surface area contributed by atoms with Crippen LogP contribution in [0.1, 0.15) is 36.1 Å². The van der Waals surface area contributed by atoms with E-state index >= 15 is 0 Å². The van der Waals surface area contributed by atoms with Crippen LogP contribution in [-0.2, 0) is 12.8 Å². The van der Waals surface area contributed by atoms with Gasteiger partial charge in [-0.2, -0.15) is 0 Å². The van der Waals surface area contributed by atoms with Crippen LogP contribution >= 0.6 is 0 Å². The summed E-state index contributed by atoms with van der Waals surface area (Å²) in [6.07, 6.45) is 3.80. The first-order chi connectivity index (χ1) is 6.31. The molecule has 0 fully saturated rings. The van der Waals surface area contributed by atoms with E-state index in [1.165, 1.54) is 36.0 Å². The van der Waals surface area contributed by atoms with Gasteiger partial charge in [0.05, 0.1) is 0 Å². The van der Waals surface area contributed by atoms with Gasteiger partial charge in [0, 0.05) is 6.04 Å². The zero-order valence-corrected chi connectivity index (χ0v) is 8.01. The highest BCUT2D eigenvalue weighted by atomic mass is 15.2. The summed E-state index contributed by atoms with van der Waals surface area (Å²) in [6, 6.07) is 6.96. The van der Waals surface area contributed by atoms with Gasteiger partial charge in [-0.05, 0) is 42.9 Å². The SMILES string of the molecule is C[C@H](NN)c1ccc2c(c1)CCC2. The van der Waals surface area contributed by atoms with Crippen LogP contribution in [-0.4, -0.2) is 0 Å². The predicted molar refractivity (Wildman–Crippen MR) is 54.2 cm³/mol. The van der Waals surface area contributed by atoms with Crippen molar-refractivity contribution in [3.63, 3.8) is 0 Å². The zero-order chi connectivity index (χ0) is 9.26. The minimum absolute atomic E-state index is 0.255. The maximum atomic E-state index is 5.40. The van der Waals surface area contributed by atoms with E-state index in [2.05, 4.69) is 30.5 Å². The third-order valence-corrected chi connectivity index (χ3v) is 2.87. The number of hydrogen-bond donors (Lipinski definition) is 2. The molecule has 0 bridgehead atoms. The largest absolute Gasteiger partial charge is 0.271 e. The van der Waals surface area contributed by atoms with Gasteiger partial charge < -0.3 is 0 Å². The minimum Gasteiger partial charge on any atom is -0.271 e. The molecule has 1 atom stereocenters. The highest BCUT2D eigenvalue weighted by Gasteiger charge is 2.12. The Morgan fingerprint density at radius 3 is 2.85 bits per heavy atom. The second kappa shape index (κ2) is 3.48. The van der Waals surface area contributed by atoms with Gasteiger partial charge in [0.2, 0.25) is 0 Å². The van der Waals surface area contributed by atoms with Crippen molar-refractivity contribution in [1.29, 1.82) is 0 Å². The van der Waals surface area contributed by atoms with Crippen LogP contribution in [0.25, 0.3) is 0 Å². The summed E-state index contributed by atoms with van der Waals surface area (Å²) in [5.41, 5.74) is 7.10. The molecule has 0 aliphatic heterocycles. The van der Waals surface area contributed by atoms with Gasteiger partial charge in [0.15, 0.2) is 0 Å². The van der Waals surface area contributed by atoms with Gasteiger partial charge in [-0.25, -0.2) is 0 Å². The van der Waals surface area contributed by atoms with E-state index in [9.17, 15) is 0 Å². The molecule has 1 aromatic carbocycles. The lowest BCUT2D eigenvalue weighted by molar-refractivity contribution is 0.602. The second-order valence-corrected chi connectivity index (χ2v) is 3.77. The molecular weight excluding hydrogens is 160 g/mol. The number of nitrogens with one attached hydrogen (secondary N) is 1. The molecule has 2 rings (SSSR count). The molecule has 1 aliphatic rings. The van der Waals surface area contributed by atoms with E-state index in [0.29, 0.717) is 0 Å². The molecule has 0 aromatic heterocycles. The molecule has 1 aromatic rings. The fourth-order valence-electron chi connectivity index (χ4n) is 1.96. The molecular formula is C11H16N2. The smallest absolute Gasteiger partial charge is 0.0431 e. The number of hydrazine groups is 1. The maximum Gasteiger partial charge on any atom is 0.0431 e. The summed E-state index contributed by atoms with van der Waals surface area (Å²) in [4.78, 5) is 0. The van der Waals surface area contributed by atoms with Crippen molar-refractivity contribution in [2.45, 2.75) is 32.2 Å². The van der Waals surface area contributed by atoms with Gasteiger partial charge in [-0.3, -0.25) is 11.3 Å². The van der Waals surface area contributed by atoms with Gasteiger partial charge in [0.25, 0.3) is 0 Å². The van der Waals surface area contributed by atoms with Crippen molar-refractivity contribution in [1.82, 2.24) is 5.43 Å². The molecule has 0 radical (unpaired) electrons. The Morgan fingerprint density at radius 2 is 2.08 bits per heavy atom. The van der Waals surface area contributed by atoms with Crippen LogP contribution in [0, 0.1) is 0 Å². The fourth-order valence-corrected chi connectivity index (χ4v) is 1.96. The highest BCUT2D eigenvalue weighted by Crippen LogP contribution is 2.24. The molecule has 2 nitrogen and oxygen atoms in total. The molecule has 3 N–H and O–H groups in total. The van der Waals surface area contributed by atoms with Crippen molar-refractivity contribution in [3.05, 3.63) is 34.9 Å². The van der Waals surface area contributed by atoms with Gasteiger partial charge in [-0.1, -0.05) is 18.2 Å². The van der Waals surface area contributed by atoms with Crippen molar-refractivity contribution < 1.29 is 0 Å². The number of aryl methyl sites for hydroxylation is 2. The standard InChI is InChI=1S/C11H16N2/c1-8(13-12)10-6-5-9-3-2-4-11(9)7-10/h5-8,13H,2-4,12H2,1H3/t8-/m0/s1. The summed E-state index contributed by atoms with van der Waals surface area (Å²) in [5.74, 6) is 5.40. The van der Waals surface area contributed by atoms with Crippen molar-refractivity contribution in [2.24, 2.45) is 5.84 Å². The number of hydrogen-bond acceptors (Lipinski definition) is 2. The van der Waals surface area contributed by atoms with E-state index in [4.69, 9.17) is 5.84 Å². The lowest BCUT2D eigenvalue weighted by Gasteiger charge is -2.11. The van der Waals surface area contributed by atoms with Gasteiger partial charge in [-0.15, -0.1) is 0 Å².